The largest absolute Gasteiger partial charge is 0.396 e. The SMILES string of the molecule is NC(c1csc2ccccc12)C1(CO)CC1. The van der Waals surface area contributed by atoms with Crippen LogP contribution in [0.1, 0.15) is 24.4 Å². The van der Waals surface area contributed by atoms with Gasteiger partial charge in [0.1, 0.15) is 0 Å². The molecule has 0 spiro atoms. The molecule has 1 fully saturated rings. The minimum absolute atomic E-state index is 0.0198. The van der Waals surface area contributed by atoms with Crippen molar-refractivity contribution in [2.45, 2.75) is 18.9 Å². The molecular weight excluding hydrogens is 218 g/mol. The van der Waals surface area contributed by atoms with Gasteiger partial charge in [0, 0.05) is 16.2 Å². The Morgan fingerprint density at radius 2 is 2.12 bits per heavy atom. The molecule has 16 heavy (non-hydrogen) atoms. The van der Waals surface area contributed by atoms with Crippen LogP contribution in [0.3, 0.4) is 0 Å². The summed E-state index contributed by atoms with van der Waals surface area (Å²) in [5.41, 5.74) is 7.47. The highest BCUT2D eigenvalue weighted by molar-refractivity contribution is 7.17. The number of thiophene rings is 1. The third-order valence-electron chi connectivity index (χ3n) is 3.71. The fourth-order valence-electron chi connectivity index (χ4n) is 2.30. The van der Waals surface area contributed by atoms with Crippen LogP contribution in [-0.4, -0.2) is 11.7 Å². The highest BCUT2D eigenvalue weighted by Crippen LogP contribution is 2.54. The van der Waals surface area contributed by atoms with Gasteiger partial charge in [-0.3, -0.25) is 0 Å². The molecule has 0 bridgehead atoms. The van der Waals surface area contributed by atoms with Gasteiger partial charge in [-0.2, -0.15) is 0 Å². The lowest BCUT2D eigenvalue weighted by Crippen LogP contribution is -2.25. The van der Waals surface area contributed by atoms with Gasteiger partial charge in [0.15, 0.2) is 0 Å². The van der Waals surface area contributed by atoms with Crippen molar-refractivity contribution in [3.63, 3.8) is 0 Å². The summed E-state index contributed by atoms with van der Waals surface area (Å²) in [4.78, 5) is 0. The van der Waals surface area contributed by atoms with E-state index in [0.29, 0.717) is 0 Å². The van der Waals surface area contributed by atoms with Crippen LogP contribution in [0.15, 0.2) is 29.6 Å². The monoisotopic (exact) mass is 233 g/mol. The lowest BCUT2D eigenvalue weighted by atomic mass is 9.91. The third-order valence-corrected chi connectivity index (χ3v) is 4.69. The van der Waals surface area contributed by atoms with Crippen molar-refractivity contribution >= 4 is 21.4 Å². The molecule has 1 aromatic carbocycles. The van der Waals surface area contributed by atoms with Gasteiger partial charge in [-0.15, -0.1) is 11.3 Å². The number of rotatable bonds is 3. The minimum Gasteiger partial charge on any atom is -0.396 e. The van der Waals surface area contributed by atoms with Crippen LogP contribution in [0, 0.1) is 5.41 Å². The fraction of sp³-hybridized carbons (Fsp3) is 0.385. The maximum Gasteiger partial charge on any atom is 0.0505 e. The van der Waals surface area contributed by atoms with Gasteiger partial charge in [0.05, 0.1) is 6.61 Å². The van der Waals surface area contributed by atoms with E-state index >= 15 is 0 Å². The molecule has 84 valence electrons. The molecule has 3 rings (SSSR count). The molecule has 1 saturated carbocycles. The van der Waals surface area contributed by atoms with Gasteiger partial charge in [0.2, 0.25) is 0 Å². The molecule has 3 N–H and O–H groups in total. The molecule has 2 nitrogen and oxygen atoms in total. The quantitative estimate of drug-likeness (QED) is 0.856. The Kier molecular flexibility index (Phi) is 2.28. The molecule has 2 aromatic rings. The van der Waals surface area contributed by atoms with Crippen LogP contribution in [0.2, 0.25) is 0 Å². The highest BCUT2D eigenvalue weighted by Gasteiger charge is 2.48. The summed E-state index contributed by atoms with van der Waals surface area (Å²) in [6.45, 7) is 0.207. The van der Waals surface area contributed by atoms with Crippen LogP contribution in [0.4, 0.5) is 0 Å². The number of hydrogen-bond donors (Lipinski definition) is 2. The lowest BCUT2D eigenvalue weighted by Gasteiger charge is -2.20. The van der Waals surface area contributed by atoms with Gasteiger partial charge in [-0.05, 0) is 35.2 Å². The maximum atomic E-state index is 9.42. The molecule has 1 atom stereocenters. The van der Waals surface area contributed by atoms with Gasteiger partial charge in [0.25, 0.3) is 0 Å². The topological polar surface area (TPSA) is 46.2 Å². The van der Waals surface area contributed by atoms with Crippen molar-refractivity contribution in [3.8, 4) is 0 Å². The van der Waals surface area contributed by atoms with Crippen molar-refractivity contribution in [1.82, 2.24) is 0 Å². The third kappa shape index (κ3) is 1.39. The predicted octanol–water partition coefficient (Wildman–Crippen LogP) is 2.67. The second-order valence-corrected chi connectivity index (χ2v) is 5.60. The Labute approximate surface area is 98.7 Å². The Balaban J connectivity index is 2.06. The predicted molar refractivity (Wildman–Crippen MR) is 67.5 cm³/mol. The van der Waals surface area contributed by atoms with Gasteiger partial charge < -0.3 is 10.8 Å². The Morgan fingerprint density at radius 3 is 2.81 bits per heavy atom. The average Bonchev–Trinajstić information content (AvgIpc) is 3.02. The standard InChI is InChI=1S/C13H15NOS/c14-12(13(8-15)5-6-13)10-7-16-11-4-2-1-3-9(10)11/h1-4,7,12,15H,5-6,8,14H2. The van der Waals surface area contributed by atoms with Crippen molar-refractivity contribution in [2.24, 2.45) is 11.1 Å². The lowest BCUT2D eigenvalue weighted by molar-refractivity contribution is 0.188. The maximum absolute atomic E-state index is 9.42. The second kappa shape index (κ2) is 3.55. The average molecular weight is 233 g/mol. The van der Waals surface area contributed by atoms with E-state index in [4.69, 9.17) is 5.73 Å². The fourth-order valence-corrected chi connectivity index (χ4v) is 3.29. The smallest absolute Gasteiger partial charge is 0.0505 e. The van der Waals surface area contributed by atoms with E-state index in [2.05, 4.69) is 17.5 Å². The first-order chi connectivity index (χ1) is 7.77. The van der Waals surface area contributed by atoms with E-state index < -0.39 is 0 Å². The molecule has 0 aliphatic heterocycles. The van der Waals surface area contributed by atoms with Crippen LogP contribution in [0.25, 0.3) is 10.1 Å². The van der Waals surface area contributed by atoms with Crippen molar-refractivity contribution in [3.05, 3.63) is 35.2 Å². The van der Waals surface area contributed by atoms with E-state index in [-0.39, 0.29) is 18.1 Å². The molecule has 1 aliphatic rings. The van der Waals surface area contributed by atoms with E-state index in [1.165, 1.54) is 15.6 Å². The first kappa shape index (κ1) is 10.3. The van der Waals surface area contributed by atoms with Crippen LogP contribution >= 0.6 is 11.3 Å². The molecule has 0 amide bonds. The van der Waals surface area contributed by atoms with Crippen LogP contribution < -0.4 is 5.73 Å². The molecular formula is C13H15NOS. The summed E-state index contributed by atoms with van der Waals surface area (Å²) < 4.78 is 1.28. The number of hydrogen-bond acceptors (Lipinski definition) is 3. The van der Waals surface area contributed by atoms with Crippen LogP contribution in [0.5, 0.6) is 0 Å². The van der Waals surface area contributed by atoms with Gasteiger partial charge in [-0.1, -0.05) is 18.2 Å². The Hall–Kier alpha value is -0.900. The molecule has 0 radical (unpaired) electrons. The molecule has 1 aromatic heterocycles. The van der Waals surface area contributed by atoms with Crippen molar-refractivity contribution in [2.75, 3.05) is 6.61 Å². The highest BCUT2D eigenvalue weighted by atomic mass is 32.1. The zero-order chi connectivity index (χ0) is 11.2. The van der Waals surface area contributed by atoms with Crippen molar-refractivity contribution < 1.29 is 5.11 Å². The second-order valence-electron chi connectivity index (χ2n) is 4.69. The summed E-state index contributed by atoms with van der Waals surface area (Å²) in [5, 5.41) is 12.8. The first-order valence-electron chi connectivity index (χ1n) is 5.59. The first-order valence-corrected chi connectivity index (χ1v) is 6.47. The number of aliphatic hydroxyl groups is 1. The number of fused-ring (bicyclic) bond motifs is 1. The number of aliphatic hydroxyl groups excluding tert-OH is 1. The Bertz CT molecular complexity index is 515. The number of benzene rings is 1. The molecule has 3 heteroatoms. The molecule has 1 aliphatic carbocycles. The summed E-state index contributed by atoms with van der Waals surface area (Å²) >= 11 is 1.74. The summed E-state index contributed by atoms with van der Waals surface area (Å²) in [5.74, 6) is 0. The zero-order valence-corrected chi connectivity index (χ0v) is 9.83. The van der Waals surface area contributed by atoms with E-state index in [1.807, 2.05) is 12.1 Å². The summed E-state index contributed by atoms with van der Waals surface area (Å²) in [6.07, 6.45) is 2.10. The zero-order valence-electron chi connectivity index (χ0n) is 9.02. The van der Waals surface area contributed by atoms with Crippen LogP contribution in [-0.2, 0) is 0 Å². The number of nitrogens with two attached hydrogens (primary N) is 1. The summed E-state index contributed by atoms with van der Waals surface area (Å²) in [7, 11) is 0. The summed E-state index contributed by atoms with van der Waals surface area (Å²) in [6, 6.07) is 8.31. The van der Waals surface area contributed by atoms with E-state index in [0.717, 1.165) is 12.8 Å². The normalized spacial score (nSPS) is 19.9. The minimum atomic E-state index is -0.0379. The Morgan fingerprint density at radius 1 is 1.38 bits per heavy atom. The van der Waals surface area contributed by atoms with Gasteiger partial charge in [-0.25, -0.2) is 0 Å². The van der Waals surface area contributed by atoms with Gasteiger partial charge >= 0.3 is 0 Å². The molecule has 1 unspecified atom stereocenters. The van der Waals surface area contributed by atoms with E-state index in [1.54, 1.807) is 11.3 Å². The molecule has 1 heterocycles. The van der Waals surface area contributed by atoms with E-state index in [9.17, 15) is 5.11 Å². The van der Waals surface area contributed by atoms with Crippen molar-refractivity contribution in [1.29, 1.82) is 0 Å². The molecule has 0 saturated heterocycles.